The summed E-state index contributed by atoms with van der Waals surface area (Å²) in [6, 6.07) is 10.2. The average molecular weight is 811 g/mol. The van der Waals surface area contributed by atoms with Gasteiger partial charge < -0.3 is 19.5 Å². The van der Waals surface area contributed by atoms with Gasteiger partial charge in [0.2, 0.25) is 20.0 Å². The molecule has 4 saturated heterocycles. The summed E-state index contributed by atoms with van der Waals surface area (Å²) in [6.07, 6.45) is 12.3. The molecule has 4 fully saturated rings. The van der Waals surface area contributed by atoms with Crippen molar-refractivity contribution in [3.63, 3.8) is 0 Å². The Morgan fingerprint density at radius 3 is 1.30 bits per heavy atom. The second-order valence-electron chi connectivity index (χ2n) is 16.6. The van der Waals surface area contributed by atoms with E-state index in [4.69, 9.17) is 20.0 Å². The van der Waals surface area contributed by atoms with Gasteiger partial charge in [-0.3, -0.25) is 0 Å². The second-order valence-corrected chi connectivity index (χ2v) is 20.5. The quantitative estimate of drug-likeness (QED) is 0.141. The fourth-order valence-corrected chi connectivity index (χ4v) is 11.7. The van der Waals surface area contributed by atoms with E-state index in [2.05, 4.69) is 23.6 Å². The van der Waals surface area contributed by atoms with Gasteiger partial charge in [-0.25, -0.2) is 16.8 Å². The van der Waals surface area contributed by atoms with Crippen LogP contribution >= 0.6 is 0 Å². The van der Waals surface area contributed by atoms with Crippen LogP contribution in [0.5, 0.6) is 0 Å². The summed E-state index contributed by atoms with van der Waals surface area (Å²) in [7, 11) is -7.62. The summed E-state index contributed by atoms with van der Waals surface area (Å²) >= 11 is 0. The molecule has 0 N–H and O–H groups in total. The molecule has 12 nitrogen and oxygen atoms in total. The van der Waals surface area contributed by atoms with Crippen LogP contribution in [0.3, 0.4) is 0 Å². The number of sulfonamides is 2. The maximum Gasteiger partial charge on any atom is 0.243 e. The topological polar surface area (TPSA) is 124 Å². The first-order chi connectivity index (χ1) is 27.1. The molecular weight excluding hydrogens is 749 g/mol. The van der Waals surface area contributed by atoms with Crippen LogP contribution in [0.4, 0.5) is 0 Å². The molecule has 0 atom stereocenters. The molecule has 0 amide bonds. The lowest BCUT2D eigenvalue weighted by Crippen LogP contribution is -2.38. The Balaban J connectivity index is 1.24. The lowest BCUT2D eigenvalue weighted by molar-refractivity contribution is 0.124. The first-order valence-electron chi connectivity index (χ1n) is 21.3. The number of rotatable bonds is 14. The minimum absolute atomic E-state index is 0.167. The molecule has 0 bridgehead atoms. The van der Waals surface area contributed by atoms with E-state index >= 15 is 0 Å². The van der Waals surface area contributed by atoms with Crippen molar-refractivity contribution in [3.05, 3.63) is 58.7 Å². The van der Waals surface area contributed by atoms with Gasteiger partial charge >= 0.3 is 0 Å². The van der Waals surface area contributed by atoms with Crippen LogP contribution in [0.2, 0.25) is 0 Å². The Hall–Kier alpha value is -2.88. The van der Waals surface area contributed by atoms with Gasteiger partial charge in [0.05, 0.1) is 9.79 Å². The van der Waals surface area contributed by atoms with E-state index in [9.17, 15) is 16.8 Å². The van der Waals surface area contributed by atoms with Crippen molar-refractivity contribution in [2.75, 3.05) is 78.7 Å². The Kier molecular flexibility index (Phi) is 13.9. The van der Waals surface area contributed by atoms with Crippen molar-refractivity contribution in [3.8, 4) is 0 Å². The molecule has 2 aromatic carbocycles. The molecule has 56 heavy (non-hydrogen) atoms. The summed E-state index contributed by atoms with van der Waals surface area (Å²) in [5.41, 5.74) is 3.29. The zero-order valence-corrected chi connectivity index (χ0v) is 35.2. The zero-order valence-electron chi connectivity index (χ0n) is 33.5. The summed E-state index contributed by atoms with van der Waals surface area (Å²) in [5.74, 6) is 0.953. The molecule has 7 rings (SSSR count). The molecule has 14 heteroatoms. The molecule has 0 unspecified atom stereocenters. The molecule has 1 aliphatic carbocycles. The van der Waals surface area contributed by atoms with E-state index in [1.165, 1.54) is 38.5 Å². The van der Waals surface area contributed by atoms with Crippen LogP contribution in [0.25, 0.3) is 0 Å². The van der Waals surface area contributed by atoms with Crippen LogP contribution in [0.15, 0.2) is 56.5 Å². The minimum atomic E-state index is -3.81. The van der Waals surface area contributed by atoms with Gasteiger partial charge in [-0.2, -0.15) is 8.61 Å². The van der Waals surface area contributed by atoms with Gasteiger partial charge in [0.1, 0.15) is 24.6 Å². The molecule has 2 aromatic rings. The average Bonchev–Trinajstić information content (AvgIpc) is 3.21. The third-order valence-electron chi connectivity index (χ3n) is 12.4. The predicted molar refractivity (Wildman–Crippen MR) is 220 cm³/mol. The van der Waals surface area contributed by atoms with Gasteiger partial charge in [-0.1, -0.05) is 49.1 Å². The highest BCUT2D eigenvalue weighted by atomic mass is 32.2. The third-order valence-corrected chi connectivity index (χ3v) is 16.2. The molecule has 0 radical (unpaired) electrons. The van der Waals surface area contributed by atoms with Crippen LogP contribution in [0.1, 0.15) is 113 Å². The fraction of sp³-hybridized carbons (Fsp3) is 0.667. The number of fused-ring (bicyclic) bond motifs is 2. The van der Waals surface area contributed by atoms with Crippen LogP contribution in [0, 0.1) is 11.8 Å². The van der Waals surface area contributed by atoms with E-state index in [1.54, 1.807) is 45.0 Å². The number of nitrogens with zero attached hydrogens (tertiary/aromatic N) is 6. The van der Waals surface area contributed by atoms with Gasteiger partial charge in [0.25, 0.3) is 0 Å². The smallest absolute Gasteiger partial charge is 0.243 e. The highest BCUT2D eigenvalue weighted by Crippen LogP contribution is 2.35. The molecule has 308 valence electrons. The van der Waals surface area contributed by atoms with Crippen LogP contribution in [-0.4, -0.2) is 125 Å². The Bertz CT molecular complexity index is 1820. The van der Waals surface area contributed by atoms with Crippen molar-refractivity contribution in [2.24, 2.45) is 22.1 Å². The number of benzene rings is 2. The van der Waals surface area contributed by atoms with Crippen LogP contribution < -0.4 is 0 Å². The van der Waals surface area contributed by atoms with E-state index in [0.717, 1.165) is 77.8 Å². The maximum atomic E-state index is 14.1. The number of likely N-dealkylation sites (tertiary alicyclic amines) is 2. The maximum absolute atomic E-state index is 14.1. The van der Waals surface area contributed by atoms with E-state index < -0.39 is 20.0 Å². The molecule has 4 heterocycles. The van der Waals surface area contributed by atoms with Gasteiger partial charge in [0, 0.05) is 61.5 Å². The minimum Gasteiger partial charge on any atom is -0.395 e. The molecule has 0 aromatic heterocycles. The summed E-state index contributed by atoms with van der Waals surface area (Å²) in [6.45, 7) is 13.3. The Morgan fingerprint density at radius 2 is 0.911 bits per heavy atom. The Morgan fingerprint density at radius 1 is 0.536 bits per heavy atom. The standard InChI is InChI=1S/C42H62N6O6S2/c1-33-15-25-47(26-16-33)55(49,50)35-11-13-37-39(31-35)42(44-54-30-10-24-46-21-7-4-8-22-46)40-32-36(56(51,52)48-27-17-34(2)18-28-48)12-14-38(40)41(37)43-53-29-9-23-45-19-5-3-6-20-45/h11-14,31-34H,3-10,15-30H2,1-2H3. The zero-order chi connectivity index (χ0) is 39.1. The molecule has 0 spiro atoms. The number of hydrogen-bond acceptors (Lipinski definition) is 10. The Labute approximate surface area is 335 Å². The summed E-state index contributed by atoms with van der Waals surface area (Å²) in [4.78, 5) is 17.3. The molecule has 4 aliphatic heterocycles. The van der Waals surface area contributed by atoms with Crippen molar-refractivity contribution in [2.45, 2.75) is 101 Å². The predicted octanol–water partition coefficient (Wildman–Crippen LogP) is 6.13. The fourth-order valence-electron chi connectivity index (χ4n) is 8.70. The van der Waals surface area contributed by atoms with E-state index in [1.807, 2.05) is 0 Å². The SMILES string of the molecule is CC1CCN(S(=O)(=O)c2ccc3c(c2)C(=NOCCCN2CCCCC2)c2cc(S(=O)(=O)N4CCC(C)CC4)ccc2C3=NOCCCN2CCCCC2)CC1. The summed E-state index contributed by atoms with van der Waals surface area (Å²) in [5, 5.41) is 9.42. The number of piperidine rings is 4. The van der Waals surface area contributed by atoms with E-state index in [0.29, 0.717) is 84.9 Å². The normalized spacial score (nSPS) is 21.4. The largest absolute Gasteiger partial charge is 0.395 e. The lowest BCUT2D eigenvalue weighted by Gasteiger charge is -2.30. The summed E-state index contributed by atoms with van der Waals surface area (Å²) < 4.78 is 59.7. The van der Waals surface area contributed by atoms with Crippen LogP contribution in [-0.2, 0) is 29.7 Å². The lowest BCUT2D eigenvalue weighted by atomic mass is 9.83. The number of oxime groups is 2. The van der Waals surface area contributed by atoms with Gasteiger partial charge in [-0.15, -0.1) is 0 Å². The van der Waals surface area contributed by atoms with Crippen molar-refractivity contribution < 1.29 is 26.5 Å². The van der Waals surface area contributed by atoms with E-state index in [-0.39, 0.29) is 9.79 Å². The number of hydrogen-bond donors (Lipinski definition) is 0. The highest BCUT2D eigenvalue weighted by molar-refractivity contribution is 7.89. The highest BCUT2D eigenvalue weighted by Gasteiger charge is 2.35. The molecule has 5 aliphatic rings. The third kappa shape index (κ3) is 9.69. The second kappa shape index (κ2) is 18.8. The van der Waals surface area contributed by atoms with Crippen molar-refractivity contribution in [1.82, 2.24) is 18.4 Å². The molecule has 0 saturated carbocycles. The van der Waals surface area contributed by atoms with Gasteiger partial charge in [0.15, 0.2) is 0 Å². The van der Waals surface area contributed by atoms with Crippen molar-refractivity contribution >= 4 is 31.5 Å². The van der Waals surface area contributed by atoms with Crippen molar-refractivity contribution in [1.29, 1.82) is 0 Å². The van der Waals surface area contributed by atoms with Gasteiger partial charge in [-0.05, 0) is 126 Å². The molecular formula is C42H62N6O6S2. The monoisotopic (exact) mass is 810 g/mol. The first-order valence-corrected chi connectivity index (χ1v) is 24.1. The first kappa shape index (κ1) is 41.3.